The molecule has 0 spiro atoms. The first kappa shape index (κ1) is 22.6. The monoisotopic (exact) mass is 490 g/mol. The van der Waals surface area contributed by atoms with Gasteiger partial charge in [0.2, 0.25) is 0 Å². The van der Waals surface area contributed by atoms with Gasteiger partial charge < -0.3 is 15.3 Å². The summed E-state index contributed by atoms with van der Waals surface area (Å²) in [6.07, 6.45) is 1.52. The molecule has 3 aromatic rings. The number of aliphatic hydroxyl groups is 1. The molecule has 33 heavy (non-hydrogen) atoms. The Morgan fingerprint density at radius 2 is 1.94 bits per heavy atom. The zero-order chi connectivity index (χ0) is 22.9. The maximum Gasteiger partial charge on any atom is 0.256 e. The van der Waals surface area contributed by atoms with Crippen molar-refractivity contribution in [2.45, 2.75) is 19.0 Å². The number of aromatic nitrogens is 4. The van der Waals surface area contributed by atoms with Crippen molar-refractivity contribution in [3.63, 3.8) is 0 Å². The highest BCUT2D eigenvalue weighted by atomic mass is 35.5. The summed E-state index contributed by atoms with van der Waals surface area (Å²) >= 11 is 12.5. The van der Waals surface area contributed by atoms with E-state index in [9.17, 15) is 0 Å². The lowest BCUT2D eigenvalue weighted by Crippen LogP contribution is -2.63. The predicted molar refractivity (Wildman–Crippen MR) is 130 cm³/mol. The number of nitrogens with one attached hydrogen (secondary N) is 1. The third kappa shape index (κ3) is 4.74. The van der Waals surface area contributed by atoms with Gasteiger partial charge in [0, 0.05) is 68.0 Å². The number of nitrogens with zero attached hydrogens (tertiary/aromatic N) is 7. The van der Waals surface area contributed by atoms with Crippen LogP contribution in [-0.4, -0.2) is 93.0 Å². The van der Waals surface area contributed by atoms with Gasteiger partial charge in [0.25, 0.3) is 5.78 Å². The number of hydrogen-bond acceptors (Lipinski definition) is 8. The topological polar surface area (TPSA) is 85.1 Å². The number of fused-ring (bicyclic) bond motifs is 1. The third-order valence-corrected chi connectivity index (χ3v) is 7.12. The fourth-order valence-electron chi connectivity index (χ4n) is 4.58. The molecule has 2 saturated heterocycles. The van der Waals surface area contributed by atoms with Crippen LogP contribution in [0.15, 0.2) is 30.6 Å². The molecule has 0 unspecified atom stereocenters. The van der Waals surface area contributed by atoms with Crippen LogP contribution in [0.2, 0.25) is 10.0 Å². The van der Waals surface area contributed by atoms with E-state index in [-0.39, 0.29) is 12.6 Å². The van der Waals surface area contributed by atoms with E-state index in [1.165, 1.54) is 6.33 Å². The Morgan fingerprint density at radius 1 is 1.15 bits per heavy atom. The van der Waals surface area contributed by atoms with Gasteiger partial charge in [-0.25, -0.2) is 0 Å². The van der Waals surface area contributed by atoms with Crippen molar-refractivity contribution >= 4 is 40.6 Å². The highest BCUT2D eigenvalue weighted by molar-refractivity contribution is 6.35. The number of benzene rings is 1. The summed E-state index contributed by atoms with van der Waals surface area (Å²) in [6.45, 7) is 9.04. The van der Waals surface area contributed by atoms with Crippen LogP contribution < -0.4 is 10.2 Å². The van der Waals surface area contributed by atoms with Crippen LogP contribution in [-0.2, 0) is 0 Å². The Bertz CT molecular complexity index is 1110. The predicted octanol–water partition coefficient (Wildman–Crippen LogP) is 2.40. The van der Waals surface area contributed by atoms with Gasteiger partial charge >= 0.3 is 0 Å². The normalized spacial score (nSPS) is 19.1. The highest BCUT2D eigenvalue weighted by Crippen LogP contribution is 2.30. The van der Waals surface area contributed by atoms with Gasteiger partial charge in [-0.1, -0.05) is 29.3 Å². The van der Waals surface area contributed by atoms with Crippen molar-refractivity contribution < 1.29 is 5.11 Å². The molecular formula is C22H28Cl2N8O. The first-order chi connectivity index (χ1) is 16.0. The first-order valence-corrected chi connectivity index (χ1v) is 12.0. The van der Waals surface area contributed by atoms with E-state index in [4.69, 9.17) is 33.3 Å². The molecule has 0 bridgehead atoms. The summed E-state index contributed by atoms with van der Waals surface area (Å²) in [4.78, 5) is 16.2. The molecule has 5 rings (SSSR count). The molecule has 2 aliphatic rings. The second-order valence-electron chi connectivity index (χ2n) is 8.66. The minimum absolute atomic E-state index is 0.0585. The van der Waals surface area contributed by atoms with Gasteiger partial charge in [-0.2, -0.15) is 19.6 Å². The summed E-state index contributed by atoms with van der Waals surface area (Å²) in [5, 5.41) is 18.2. The van der Waals surface area contributed by atoms with E-state index in [0.29, 0.717) is 21.9 Å². The Kier molecular flexibility index (Phi) is 6.58. The molecule has 0 aliphatic carbocycles. The average molecular weight is 491 g/mol. The summed E-state index contributed by atoms with van der Waals surface area (Å²) < 4.78 is 1.71. The summed E-state index contributed by atoms with van der Waals surface area (Å²) in [6, 6.07) is 8.02. The SMILES string of the molecule is C[C@@H](Nc1cc(N2CC(N3CCN(CCO)CC3)C2)nc2ncnn12)c1ccc(Cl)cc1Cl. The third-order valence-electron chi connectivity index (χ3n) is 6.56. The minimum Gasteiger partial charge on any atom is -0.395 e. The maximum atomic E-state index is 9.14. The highest BCUT2D eigenvalue weighted by Gasteiger charge is 2.34. The Balaban J connectivity index is 1.28. The van der Waals surface area contributed by atoms with Crippen molar-refractivity contribution in [3.05, 3.63) is 46.2 Å². The van der Waals surface area contributed by atoms with E-state index in [1.807, 2.05) is 25.1 Å². The van der Waals surface area contributed by atoms with E-state index >= 15 is 0 Å². The molecule has 4 heterocycles. The molecule has 2 fully saturated rings. The van der Waals surface area contributed by atoms with Crippen molar-refractivity contribution in [2.75, 3.05) is 62.6 Å². The molecule has 2 aliphatic heterocycles. The molecular weight excluding hydrogens is 463 g/mol. The minimum atomic E-state index is -0.0585. The van der Waals surface area contributed by atoms with Crippen molar-refractivity contribution in [3.8, 4) is 0 Å². The van der Waals surface area contributed by atoms with Gasteiger partial charge in [0.1, 0.15) is 18.0 Å². The van der Waals surface area contributed by atoms with Gasteiger partial charge in [0.15, 0.2) is 0 Å². The average Bonchev–Trinajstić information content (AvgIpc) is 3.23. The van der Waals surface area contributed by atoms with Gasteiger partial charge in [-0.15, -0.1) is 0 Å². The zero-order valence-corrected chi connectivity index (χ0v) is 20.0. The standard InChI is InChI=1S/C22H28Cl2N8O/c1-15(18-3-2-16(23)10-19(18)24)27-21-11-20(28-22-25-14-26-32(21)22)31-12-17(13-31)30-6-4-29(5-7-30)8-9-33/h2-3,10-11,14-15,17,27,33H,4-9,12-13H2,1H3/t15-/m1/s1. The number of aliphatic hydroxyl groups excluding tert-OH is 1. The van der Waals surface area contributed by atoms with E-state index in [1.54, 1.807) is 10.6 Å². The van der Waals surface area contributed by atoms with Crippen LogP contribution in [0.5, 0.6) is 0 Å². The number of anilines is 2. The summed E-state index contributed by atoms with van der Waals surface area (Å²) in [7, 11) is 0. The Hall–Kier alpha value is -2.17. The molecule has 0 amide bonds. The van der Waals surface area contributed by atoms with Gasteiger partial charge in [0.05, 0.1) is 12.6 Å². The van der Waals surface area contributed by atoms with Crippen LogP contribution in [0.25, 0.3) is 5.78 Å². The maximum absolute atomic E-state index is 9.14. The molecule has 1 atom stereocenters. The Morgan fingerprint density at radius 3 is 2.67 bits per heavy atom. The van der Waals surface area contributed by atoms with Crippen LogP contribution in [0.4, 0.5) is 11.6 Å². The first-order valence-electron chi connectivity index (χ1n) is 11.3. The van der Waals surface area contributed by atoms with Crippen LogP contribution >= 0.6 is 23.2 Å². The smallest absolute Gasteiger partial charge is 0.256 e. The summed E-state index contributed by atoms with van der Waals surface area (Å²) in [5.74, 6) is 2.26. The van der Waals surface area contributed by atoms with E-state index in [0.717, 1.165) is 63.0 Å². The zero-order valence-electron chi connectivity index (χ0n) is 18.5. The summed E-state index contributed by atoms with van der Waals surface area (Å²) in [5.41, 5.74) is 0.956. The second kappa shape index (κ2) is 9.60. The van der Waals surface area contributed by atoms with Crippen molar-refractivity contribution in [2.24, 2.45) is 0 Å². The molecule has 1 aromatic carbocycles. The fourth-order valence-corrected chi connectivity index (χ4v) is 5.16. The van der Waals surface area contributed by atoms with Crippen LogP contribution in [0.1, 0.15) is 18.5 Å². The Labute approximate surface area is 202 Å². The lowest BCUT2D eigenvalue weighted by Gasteiger charge is -2.48. The van der Waals surface area contributed by atoms with E-state index in [2.05, 4.69) is 30.1 Å². The fraction of sp³-hybridized carbons (Fsp3) is 0.500. The van der Waals surface area contributed by atoms with Gasteiger partial charge in [-0.3, -0.25) is 9.80 Å². The van der Waals surface area contributed by atoms with Crippen molar-refractivity contribution in [1.82, 2.24) is 29.4 Å². The number of piperazine rings is 1. The van der Waals surface area contributed by atoms with Gasteiger partial charge in [-0.05, 0) is 24.6 Å². The molecule has 0 radical (unpaired) electrons. The van der Waals surface area contributed by atoms with E-state index < -0.39 is 0 Å². The molecule has 176 valence electrons. The lowest BCUT2D eigenvalue weighted by molar-refractivity contribution is 0.0731. The number of halogens is 2. The largest absolute Gasteiger partial charge is 0.395 e. The molecule has 11 heteroatoms. The van der Waals surface area contributed by atoms with Crippen molar-refractivity contribution in [1.29, 1.82) is 0 Å². The molecule has 9 nitrogen and oxygen atoms in total. The van der Waals surface area contributed by atoms with Crippen LogP contribution in [0.3, 0.4) is 0 Å². The second-order valence-corrected chi connectivity index (χ2v) is 9.51. The number of hydrogen-bond donors (Lipinski definition) is 2. The number of β-amino-alcohol motifs (C(OH)–C–C–N with tert-alkyl or cyclic N) is 1. The molecule has 0 saturated carbocycles. The molecule has 2 N–H and O–H groups in total. The number of rotatable bonds is 7. The molecule has 2 aromatic heterocycles. The quantitative estimate of drug-likeness (QED) is 0.522. The van der Waals surface area contributed by atoms with Crippen LogP contribution in [0, 0.1) is 0 Å². The lowest BCUT2D eigenvalue weighted by atomic mass is 10.1.